The zero-order valence-electron chi connectivity index (χ0n) is 18.0. The Morgan fingerprint density at radius 2 is 1.59 bits per heavy atom. The predicted octanol–water partition coefficient (Wildman–Crippen LogP) is 0.539. The fourth-order valence-corrected chi connectivity index (χ4v) is 2.59. The van der Waals surface area contributed by atoms with Gasteiger partial charge in [-0.2, -0.15) is 0 Å². The Kier molecular flexibility index (Phi) is 9.38. The van der Waals surface area contributed by atoms with Gasteiger partial charge in [0.05, 0.1) is 6.54 Å². The van der Waals surface area contributed by atoms with E-state index in [2.05, 4.69) is 22.5 Å². The van der Waals surface area contributed by atoms with Crippen molar-refractivity contribution in [2.45, 2.75) is 13.0 Å². The lowest BCUT2D eigenvalue weighted by Gasteiger charge is -2.14. The first kappa shape index (κ1) is 24.6. The number of hydrogen-bond donors (Lipinski definition) is 5. The Hall–Kier alpha value is -3.71. The lowest BCUT2D eigenvalue weighted by atomic mass is 10.1. The summed E-state index contributed by atoms with van der Waals surface area (Å²) >= 11 is 0. The van der Waals surface area contributed by atoms with E-state index in [9.17, 15) is 14.4 Å². The number of likely N-dealkylation sites (N-methyl/N-ethyl adjacent to an activating group) is 1. The molecule has 0 saturated carbocycles. The maximum Gasteiger partial charge on any atom is 0.267 e. The van der Waals surface area contributed by atoms with Gasteiger partial charge in [0.15, 0.2) is 0 Å². The molecule has 168 valence electrons. The van der Waals surface area contributed by atoms with Crippen LogP contribution in [0.4, 0.5) is 5.69 Å². The van der Waals surface area contributed by atoms with E-state index in [1.54, 1.807) is 36.4 Å². The molecular formula is C23H27N5O4. The molecule has 32 heavy (non-hydrogen) atoms. The first-order valence-corrected chi connectivity index (χ1v) is 10.0. The Morgan fingerprint density at radius 1 is 1.03 bits per heavy atom. The summed E-state index contributed by atoms with van der Waals surface area (Å²) in [6.45, 7) is 2.95. The number of carbonyl (C=O) groups excluding carboxylic acids is 3. The standard InChI is InChI=1S/C23H27N5O4/c1-3-28(2)15-21(29)25-19-12-8-17(9-13-19)5-4-16-6-10-18(11-7-16)22(30)26-20(14-24)23(31)27-32/h6-13,20,32H,3,14-15,24H2,1-2H3,(H,25,29)(H,26,30)(H,27,31)/t20-/m0/s1. The number of amides is 3. The number of nitrogens with two attached hydrogens (primary N) is 1. The molecule has 0 unspecified atom stereocenters. The Balaban J connectivity index is 1.97. The van der Waals surface area contributed by atoms with Crippen LogP contribution in [-0.2, 0) is 9.59 Å². The normalized spacial score (nSPS) is 11.2. The minimum absolute atomic E-state index is 0.0768. The third-order valence-corrected chi connectivity index (χ3v) is 4.59. The van der Waals surface area contributed by atoms with Crippen molar-refractivity contribution in [3.05, 3.63) is 65.2 Å². The zero-order valence-corrected chi connectivity index (χ0v) is 18.0. The number of nitrogens with zero attached hydrogens (tertiary/aromatic N) is 1. The van der Waals surface area contributed by atoms with Crippen LogP contribution in [0, 0.1) is 11.8 Å². The van der Waals surface area contributed by atoms with Gasteiger partial charge >= 0.3 is 0 Å². The summed E-state index contributed by atoms with van der Waals surface area (Å²) in [6, 6.07) is 12.7. The van der Waals surface area contributed by atoms with Crippen molar-refractivity contribution in [1.82, 2.24) is 15.7 Å². The third kappa shape index (κ3) is 7.52. The van der Waals surface area contributed by atoms with Crippen molar-refractivity contribution in [2.24, 2.45) is 5.73 Å². The molecule has 0 radical (unpaired) electrons. The minimum Gasteiger partial charge on any atom is -0.339 e. The summed E-state index contributed by atoms with van der Waals surface area (Å²) in [7, 11) is 1.88. The molecular weight excluding hydrogens is 410 g/mol. The Morgan fingerprint density at radius 3 is 2.09 bits per heavy atom. The topological polar surface area (TPSA) is 137 Å². The van der Waals surface area contributed by atoms with E-state index in [1.807, 2.05) is 31.0 Å². The predicted molar refractivity (Wildman–Crippen MR) is 121 cm³/mol. The van der Waals surface area contributed by atoms with Crippen LogP contribution in [0.2, 0.25) is 0 Å². The molecule has 9 nitrogen and oxygen atoms in total. The number of hydroxylamine groups is 1. The first-order valence-electron chi connectivity index (χ1n) is 10.0. The molecule has 0 aliphatic carbocycles. The largest absolute Gasteiger partial charge is 0.339 e. The lowest BCUT2D eigenvalue weighted by Crippen LogP contribution is -2.50. The Labute approximate surface area is 186 Å². The monoisotopic (exact) mass is 437 g/mol. The average molecular weight is 438 g/mol. The second-order valence-electron chi connectivity index (χ2n) is 7.02. The quantitative estimate of drug-likeness (QED) is 0.232. The number of carbonyl (C=O) groups is 3. The number of hydrogen-bond acceptors (Lipinski definition) is 6. The van der Waals surface area contributed by atoms with E-state index in [-0.39, 0.29) is 12.5 Å². The van der Waals surface area contributed by atoms with Crippen LogP contribution < -0.4 is 21.8 Å². The molecule has 3 amide bonds. The summed E-state index contributed by atoms with van der Waals surface area (Å²) in [4.78, 5) is 37.5. The smallest absolute Gasteiger partial charge is 0.267 e. The van der Waals surface area contributed by atoms with E-state index < -0.39 is 17.9 Å². The van der Waals surface area contributed by atoms with Gasteiger partial charge in [-0.3, -0.25) is 24.5 Å². The van der Waals surface area contributed by atoms with Crippen molar-refractivity contribution in [1.29, 1.82) is 0 Å². The van der Waals surface area contributed by atoms with Crippen molar-refractivity contribution in [3.8, 4) is 11.8 Å². The molecule has 1 atom stereocenters. The van der Waals surface area contributed by atoms with Crippen molar-refractivity contribution in [2.75, 3.05) is 32.0 Å². The van der Waals surface area contributed by atoms with Crippen LogP contribution in [0.25, 0.3) is 0 Å². The van der Waals surface area contributed by atoms with E-state index >= 15 is 0 Å². The van der Waals surface area contributed by atoms with Gasteiger partial charge < -0.3 is 16.4 Å². The van der Waals surface area contributed by atoms with Gasteiger partial charge in [-0.15, -0.1) is 0 Å². The van der Waals surface area contributed by atoms with Crippen molar-refractivity contribution in [3.63, 3.8) is 0 Å². The molecule has 0 heterocycles. The van der Waals surface area contributed by atoms with Gasteiger partial charge in [-0.1, -0.05) is 18.8 Å². The second-order valence-corrected chi connectivity index (χ2v) is 7.02. The molecule has 0 spiro atoms. The molecule has 0 saturated heterocycles. The lowest BCUT2D eigenvalue weighted by molar-refractivity contribution is -0.130. The molecule has 0 aliphatic heterocycles. The highest BCUT2D eigenvalue weighted by Crippen LogP contribution is 2.10. The summed E-state index contributed by atoms with van der Waals surface area (Å²) < 4.78 is 0. The van der Waals surface area contributed by atoms with Crippen molar-refractivity contribution >= 4 is 23.4 Å². The molecule has 0 fully saturated rings. The van der Waals surface area contributed by atoms with E-state index in [0.29, 0.717) is 23.4 Å². The molecule has 6 N–H and O–H groups in total. The Bertz CT molecular complexity index is 994. The molecule has 0 aromatic heterocycles. The highest BCUT2D eigenvalue weighted by molar-refractivity contribution is 5.97. The molecule has 2 aromatic carbocycles. The SMILES string of the molecule is CCN(C)CC(=O)Nc1ccc(C#Cc2ccc(C(=O)N[C@@H](CN)C(=O)NO)cc2)cc1. The van der Waals surface area contributed by atoms with E-state index in [4.69, 9.17) is 10.9 Å². The van der Waals surface area contributed by atoms with Crippen LogP contribution in [-0.4, -0.2) is 60.6 Å². The minimum atomic E-state index is -1.03. The number of rotatable bonds is 8. The van der Waals surface area contributed by atoms with Gasteiger partial charge in [0.1, 0.15) is 6.04 Å². The van der Waals surface area contributed by atoms with Gasteiger partial charge in [0.2, 0.25) is 5.91 Å². The summed E-state index contributed by atoms with van der Waals surface area (Å²) in [5, 5.41) is 13.9. The fourth-order valence-electron chi connectivity index (χ4n) is 2.59. The first-order chi connectivity index (χ1) is 15.4. The summed E-state index contributed by atoms with van der Waals surface area (Å²) in [6.07, 6.45) is 0. The summed E-state index contributed by atoms with van der Waals surface area (Å²) in [5.41, 5.74) is 9.39. The van der Waals surface area contributed by atoms with Crippen molar-refractivity contribution < 1.29 is 19.6 Å². The highest BCUT2D eigenvalue weighted by atomic mass is 16.5. The van der Waals surface area contributed by atoms with Crippen LogP contribution >= 0.6 is 0 Å². The van der Waals surface area contributed by atoms with Crippen LogP contribution in [0.1, 0.15) is 28.4 Å². The maximum absolute atomic E-state index is 12.2. The maximum atomic E-state index is 12.2. The van der Waals surface area contributed by atoms with Gasteiger partial charge in [0.25, 0.3) is 11.8 Å². The summed E-state index contributed by atoms with van der Waals surface area (Å²) in [5.74, 6) is 4.67. The van der Waals surface area contributed by atoms with E-state index in [0.717, 1.165) is 12.1 Å². The number of benzene rings is 2. The van der Waals surface area contributed by atoms with Gasteiger partial charge in [-0.05, 0) is 62.1 Å². The highest BCUT2D eigenvalue weighted by Gasteiger charge is 2.19. The zero-order chi connectivity index (χ0) is 23.5. The average Bonchev–Trinajstić information content (AvgIpc) is 2.81. The molecule has 0 bridgehead atoms. The van der Waals surface area contributed by atoms with Gasteiger partial charge in [-0.25, -0.2) is 5.48 Å². The number of anilines is 1. The van der Waals surface area contributed by atoms with E-state index in [1.165, 1.54) is 5.48 Å². The third-order valence-electron chi connectivity index (χ3n) is 4.59. The van der Waals surface area contributed by atoms with Gasteiger partial charge in [0, 0.05) is 28.9 Å². The second kappa shape index (κ2) is 12.2. The van der Waals surface area contributed by atoms with Crippen LogP contribution in [0.5, 0.6) is 0 Å². The molecule has 9 heteroatoms. The van der Waals surface area contributed by atoms with Crippen LogP contribution in [0.3, 0.4) is 0 Å². The fraction of sp³-hybridized carbons (Fsp3) is 0.261. The van der Waals surface area contributed by atoms with Crippen LogP contribution in [0.15, 0.2) is 48.5 Å². The molecule has 0 aliphatic rings. The molecule has 2 rings (SSSR count). The number of nitrogens with one attached hydrogen (secondary N) is 3. The molecule has 2 aromatic rings.